The molecular weight excluding hydrogens is 604 g/mol. The van der Waals surface area contributed by atoms with Gasteiger partial charge in [0.15, 0.2) is 17.0 Å². The van der Waals surface area contributed by atoms with Crippen LogP contribution in [0.4, 0.5) is 17.3 Å². The quantitative estimate of drug-likeness (QED) is 0.0916. The molecule has 17 heteroatoms. The highest BCUT2D eigenvalue weighted by Gasteiger charge is 2.74. The molecule has 10 N–H and O–H groups in total. The summed E-state index contributed by atoms with van der Waals surface area (Å²) in [6.07, 6.45) is -0.727. The summed E-state index contributed by atoms with van der Waals surface area (Å²) >= 11 is 0. The standard InChI is InChI=1S/C29H32N8O9/c1-35(2)15-7-14(34-9-12-5-6-16(46-12)37(44)45)20(38)17-13(15)8-27(32)10-29(33)23(36(3)4)22(40)18(26(31)43)24(41)28(29,11-30)25(42)19(27)21(17)39/h5-7,23,34,38-39,41H,8-10,32-33H2,1-4H3,(H2,31,43)/t23-,27-,28+,29-/m1/s1. The molecular formula is C29H32N8O9. The van der Waals surface area contributed by atoms with E-state index in [1.165, 1.54) is 31.1 Å². The number of likely N-dealkylation sites (N-methyl/N-ethyl adjacent to an activating group) is 1. The van der Waals surface area contributed by atoms with Crippen molar-refractivity contribution in [2.45, 2.75) is 36.5 Å². The predicted octanol–water partition coefficient (Wildman–Crippen LogP) is 0.0848. The van der Waals surface area contributed by atoms with Crippen molar-refractivity contribution in [1.29, 1.82) is 5.26 Å². The van der Waals surface area contributed by atoms with Gasteiger partial charge in [-0.2, -0.15) is 5.26 Å². The zero-order chi connectivity index (χ0) is 34.3. The van der Waals surface area contributed by atoms with Crippen molar-refractivity contribution >= 4 is 40.5 Å². The number of phenolic OH excluding ortho intramolecular Hbond substituents is 1. The lowest BCUT2D eigenvalue weighted by molar-refractivity contribution is -0.402. The normalized spacial score (nSPS) is 27.1. The van der Waals surface area contributed by atoms with Crippen LogP contribution in [0.2, 0.25) is 0 Å². The molecule has 1 saturated carbocycles. The van der Waals surface area contributed by atoms with Gasteiger partial charge >= 0.3 is 5.88 Å². The molecule has 0 radical (unpaired) electrons. The van der Waals surface area contributed by atoms with Gasteiger partial charge in [-0.15, -0.1) is 0 Å². The van der Waals surface area contributed by atoms with Crippen LogP contribution in [0.1, 0.15) is 23.3 Å². The molecule has 1 aromatic carbocycles. The second-order valence-electron chi connectivity index (χ2n) is 12.2. The van der Waals surface area contributed by atoms with Gasteiger partial charge in [0.1, 0.15) is 33.5 Å². The number of Topliss-reactive ketones (excluding diaryl/α,β-unsaturated/α-hetero) is 2. The van der Waals surface area contributed by atoms with E-state index in [2.05, 4.69) is 5.32 Å². The molecule has 0 aliphatic heterocycles. The number of hydrogen-bond acceptors (Lipinski definition) is 15. The van der Waals surface area contributed by atoms with Gasteiger partial charge in [0.05, 0.1) is 52.6 Å². The van der Waals surface area contributed by atoms with Gasteiger partial charge in [0.2, 0.25) is 0 Å². The van der Waals surface area contributed by atoms with Crippen LogP contribution >= 0.6 is 0 Å². The van der Waals surface area contributed by atoms with Crippen LogP contribution in [0.15, 0.2) is 39.5 Å². The van der Waals surface area contributed by atoms with Crippen LogP contribution < -0.4 is 27.4 Å². The van der Waals surface area contributed by atoms with Gasteiger partial charge in [-0.1, -0.05) is 0 Å². The number of phenols is 1. The fourth-order valence-electron chi connectivity index (χ4n) is 7.16. The molecule has 0 spiro atoms. The average molecular weight is 637 g/mol. The zero-order valence-electron chi connectivity index (χ0n) is 25.2. The van der Waals surface area contributed by atoms with Gasteiger partial charge in [0.25, 0.3) is 5.91 Å². The molecule has 4 atom stereocenters. The summed E-state index contributed by atoms with van der Waals surface area (Å²) in [6.45, 7) is -0.119. The topological polar surface area (TPSA) is 289 Å². The van der Waals surface area contributed by atoms with Crippen molar-refractivity contribution in [3.8, 4) is 11.8 Å². The Balaban J connectivity index is 1.75. The molecule has 0 saturated heterocycles. The molecule has 3 aliphatic carbocycles. The van der Waals surface area contributed by atoms with E-state index in [1.54, 1.807) is 25.1 Å². The van der Waals surface area contributed by atoms with Crippen LogP contribution in [-0.2, 0) is 27.3 Å². The van der Waals surface area contributed by atoms with Crippen molar-refractivity contribution in [3.63, 3.8) is 0 Å². The smallest absolute Gasteiger partial charge is 0.433 e. The molecule has 1 amide bonds. The molecule has 1 fully saturated rings. The van der Waals surface area contributed by atoms with Gasteiger partial charge in [0, 0.05) is 19.8 Å². The first-order valence-corrected chi connectivity index (χ1v) is 13.8. The maximum absolute atomic E-state index is 14.6. The fraction of sp³-hybridized carbons (Fsp3) is 0.379. The second kappa shape index (κ2) is 10.3. The van der Waals surface area contributed by atoms with E-state index in [1.807, 2.05) is 0 Å². The van der Waals surface area contributed by atoms with E-state index in [0.29, 0.717) is 11.3 Å². The van der Waals surface area contributed by atoms with E-state index in [-0.39, 0.29) is 30.0 Å². The van der Waals surface area contributed by atoms with Gasteiger partial charge in [-0.05, 0) is 44.6 Å². The number of nitrogens with zero attached hydrogens (tertiary/aromatic N) is 4. The number of carbonyl (C=O) groups excluding carboxylic acids is 3. The summed E-state index contributed by atoms with van der Waals surface area (Å²) in [5.74, 6) is -6.57. The van der Waals surface area contributed by atoms with Crippen molar-refractivity contribution in [2.75, 3.05) is 38.4 Å². The summed E-state index contributed by atoms with van der Waals surface area (Å²) in [5.41, 5.74) is 11.4. The third kappa shape index (κ3) is 4.07. The number of nitrogens with two attached hydrogens (primary N) is 3. The third-order valence-corrected chi connectivity index (χ3v) is 8.99. The van der Waals surface area contributed by atoms with Crippen molar-refractivity contribution < 1.29 is 39.0 Å². The minimum atomic E-state index is -2.78. The van der Waals surface area contributed by atoms with Crippen LogP contribution in [-0.4, -0.2) is 87.9 Å². The number of ketones is 2. The number of amides is 1. The van der Waals surface area contributed by atoms with Gasteiger partial charge in [-0.25, -0.2) is 0 Å². The summed E-state index contributed by atoms with van der Waals surface area (Å²) in [4.78, 5) is 53.7. The predicted molar refractivity (Wildman–Crippen MR) is 161 cm³/mol. The number of carbonyl (C=O) groups is 3. The minimum Gasteiger partial charge on any atom is -0.509 e. The molecule has 17 nitrogen and oxygen atoms in total. The lowest BCUT2D eigenvalue weighted by Crippen LogP contribution is -2.80. The molecule has 1 heterocycles. The first-order valence-electron chi connectivity index (χ1n) is 13.8. The number of primary amides is 1. The highest BCUT2D eigenvalue weighted by Crippen LogP contribution is 2.59. The number of aliphatic hydroxyl groups is 2. The number of benzene rings is 1. The number of aromatic hydroxyl groups is 1. The van der Waals surface area contributed by atoms with E-state index in [9.17, 15) is 45.1 Å². The number of fused-ring (bicyclic) bond motifs is 3. The number of nitro groups is 1. The Morgan fingerprint density at radius 2 is 1.87 bits per heavy atom. The highest BCUT2D eigenvalue weighted by atomic mass is 16.6. The maximum Gasteiger partial charge on any atom is 0.433 e. The SMILES string of the molecule is CN(C)c1cc(NCc2ccc([N+](=O)[O-])o2)c(O)c2c1C[C@@]1(N)C[C@@]3(N)[C@H](N(C)C)C(=O)C(C(N)=O)=C(O)[C@@]3(C#N)C(=O)C1=C2O. The minimum absolute atomic E-state index is 0.0410. The first kappa shape index (κ1) is 32.0. The first-order chi connectivity index (χ1) is 21.4. The molecule has 3 aliphatic rings. The van der Waals surface area contributed by atoms with Crippen LogP contribution in [0.25, 0.3) is 5.76 Å². The average Bonchev–Trinajstić information content (AvgIpc) is 3.41. The fourth-order valence-corrected chi connectivity index (χ4v) is 7.16. The maximum atomic E-state index is 14.6. The number of hydrogen-bond donors (Lipinski definition) is 7. The van der Waals surface area contributed by atoms with Crippen LogP contribution in [0.5, 0.6) is 5.75 Å². The number of nitrogens with one attached hydrogen (secondary N) is 1. The zero-order valence-corrected chi connectivity index (χ0v) is 25.2. The Kier molecular flexibility index (Phi) is 7.16. The largest absolute Gasteiger partial charge is 0.509 e. The van der Waals surface area contributed by atoms with Crippen molar-refractivity contribution in [1.82, 2.24) is 4.90 Å². The van der Waals surface area contributed by atoms with Crippen LogP contribution in [0, 0.1) is 26.9 Å². The molecule has 0 unspecified atom stereocenters. The number of furan rings is 1. The van der Waals surface area contributed by atoms with E-state index in [0.717, 1.165) is 6.07 Å². The van der Waals surface area contributed by atoms with E-state index < -0.39 is 85.7 Å². The Morgan fingerprint density at radius 3 is 2.39 bits per heavy atom. The van der Waals surface area contributed by atoms with Crippen molar-refractivity contribution in [3.05, 3.63) is 62.1 Å². The Bertz CT molecular complexity index is 1850. The molecule has 5 rings (SSSR count). The Morgan fingerprint density at radius 1 is 1.22 bits per heavy atom. The molecule has 1 aromatic heterocycles. The van der Waals surface area contributed by atoms with Crippen LogP contribution in [0.3, 0.4) is 0 Å². The molecule has 0 bridgehead atoms. The molecule has 46 heavy (non-hydrogen) atoms. The third-order valence-electron chi connectivity index (χ3n) is 8.99. The monoisotopic (exact) mass is 636 g/mol. The van der Waals surface area contributed by atoms with Gasteiger partial charge in [-0.3, -0.25) is 29.4 Å². The second-order valence-corrected chi connectivity index (χ2v) is 12.2. The summed E-state index contributed by atoms with van der Waals surface area (Å²) in [5, 5.41) is 59.0. The molecule has 2 aromatic rings. The van der Waals surface area contributed by atoms with E-state index >= 15 is 0 Å². The van der Waals surface area contributed by atoms with Crippen molar-refractivity contribution in [2.24, 2.45) is 22.6 Å². The summed E-state index contributed by atoms with van der Waals surface area (Å²) < 4.78 is 5.16. The lowest BCUT2D eigenvalue weighted by atomic mass is 9.47. The number of nitriles is 1. The lowest BCUT2D eigenvalue weighted by Gasteiger charge is -2.58. The number of aliphatic hydroxyl groups excluding tert-OH is 2. The highest BCUT2D eigenvalue weighted by molar-refractivity contribution is 6.25. The van der Waals surface area contributed by atoms with E-state index in [4.69, 9.17) is 21.6 Å². The number of anilines is 2. The van der Waals surface area contributed by atoms with Gasteiger partial charge < -0.3 is 47.2 Å². The molecule has 242 valence electrons. The number of rotatable bonds is 7. The Labute approximate surface area is 261 Å². The summed E-state index contributed by atoms with van der Waals surface area (Å²) in [6, 6.07) is 4.28. The Hall–Kier alpha value is -5.44. The summed E-state index contributed by atoms with van der Waals surface area (Å²) in [7, 11) is 6.23.